The quantitative estimate of drug-likeness (QED) is 0.616. The molecule has 0 fully saturated rings. The van der Waals surface area contributed by atoms with Gasteiger partial charge in [0, 0.05) is 16.0 Å². The molecule has 1 atom stereocenters. The van der Waals surface area contributed by atoms with Gasteiger partial charge >= 0.3 is 0 Å². The van der Waals surface area contributed by atoms with Crippen LogP contribution >= 0.6 is 22.9 Å². The van der Waals surface area contributed by atoms with E-state index in [0.717, 1.165) is 22.6 Å². The van der Waals surface area contributed by atoms with E-state index in [0.29, 0.717) is 15.9 Å². The summed E-state index contributed by atoms with van der Waals surface area (Å²) in [5.41, 5.74) is 2.62. The van der Waals surface area contributed by atoms with Crippen LogP contribution in [0.4, 0.5) is 5.13 Å². The van der Waals surface area contributed by atoms with Gasteiger partial charge in [-0.25, -0.2) is 4.98 Å². The van der Waals surface area contributed by atoms with Crippen LogP contribution in [0.1, 0.15) is 12.5 Å². The van der Waals surface area contributed by atoms with Crippen LogP contribution in [-0.4, -0.2) is 24.1 Å². The van der Waals surface area contributed by atoms with Crippen LogP contribution in [-0.2, 0) is 4.79 Å². The molecule has 3 aromatic rings. The van der Waals surface area contributed by atoms with Crippen LogP contribution in [0.15, 0.2) is 47.8 Å². The summed E-state index contributed by atoms with van der Waals surface area (Å²) in [5.74, 6) is 1.14. The summed E-state index contributed by atoms with van der Waals surface area (Å²) in [5, 5.41) is 5.85. The highest BCUT2D eigenvalue weighted by Gasteiger charge is 2.17. The largest absolute Gasteiger partial charge is 0.497 e. The summed E-state index contributed by atoms with van der Waals surface area (Å²) in [6.07, 6.45) is -0.668. The zero-order valence-electron chi connectivity index (χ0n) is 15.2. The van der Waals surface area contributed by atoms with Gasteiger partial charge in [-0.3, -0.25) is 10.1 Å². The molecular formula is C20H19ClN2O3S. The molecule has 140 valence electrons. The average Bonchev–Trinajstić information content (AvgIpc) is 3.12. The molecule has 1 N–H and O–H groups in total. The van der Waals surface area contributed by atoms with Crippen LogP contribution in [0, 0.1) is 6.92 Å². The summed E-state index contributed by atoms with van der Waals surface area (Å²) >= 11 is 7.31. The van der Waals surface area contributed by atoms with Crippen molar-refractivity contribution in [2.45, 2.75) is 20.0 Å². The maximum absolute atomic E-state index is 12.4. The number of amides is 1. The predicted octanol–water partition coefficient (Wildman–Crippen LogP) is 5.19. The number of methoxy groups -OCH3 is 1. The van der Waals surface area contributed by atoms with E-state index in [1.54, 1.807) is 32.2 Å². The second-order valence-corrected chi connectivity index (χ2v) is 7.22. The van der Waals surface area contributed by atoms with Crippen molar-refractivity contribution < 1.29 is 14.3 Å². The van der Waals surface area contributed by atoms with Crippen molar-refractivity contribution >= 4 is 34.0 Å². The highest BCUT2D eigenvalue weighted by atomic mass is 35.5. The van der Waals surface area contributed by atoms with Crippen molar-refractivity contribution in [1.29, 1.82) is 0 Å². The Hall–Kier alpha value is -2.57. The Bertz CT molecular complexity index is 941. The number of nitrogens with one attached hydrogen (secondary N) is 1. The van der Waals surface area contributed by atoms with Crippen molar-refractivity contribution in [2.24, 2.45) is 0 Å². The van der Waals surface area contributed by atoms with Crippen LogP contribution in [0.2, 0.25) is 5.02 Å². The number of halogens is 1. The second kappa shape index (κ2) is 8.41. The highest BCUT2D eigenvalue weighted by molar-refractivity contribution is 7.14. The first-order valence-electron chi connectivity index (χ1n) is 8.30. The second-order valence-electron chi connectivity index (χ2n) is 5.93. The molecule has 0 aliphatic carbocycles. The van der Waals surface area contributed by atoms with Crippen molar-refractivity contribution in [3.63, 3.8) is 0 Å². The summed E-state index contributed by atoms with van der Waals surface area (Å²) < 4.78 is 10.9. The van der Waals surface area contributed by atoms with E-state index in [1.165, 1.54) is 11.3 Å². The number of thiazole rings is 1. The molecule has 0 aliphatic rings. The van der Waals surface area contributed by atoms with Crippen LogP contribution in [0.5, 0.6) is 11.5 Å². The number of carbonyl (C=O) groups is 1. The summed E-state index contributed by atoms with van der Waals surface area (Å²) in [6, 6.07) is 12.9. The van der Waals surface area contributed by atoms with Gasteiger partial charge in [0.05, 0.1) is 12.8 Å². The number of aryl methyl sites for hydroxylation is 1. The molecule has 1 aromatic heterocycles. The molecule has 3 rings (SSSR count). The predicted molar refractivity (Wildman–Crippen MR) is 109 cm³/mol. The zero-order chi connectivity index (χ0) is 19.4. The third kappa shape index (κ3) is 4.78. The van der Waals surface area contributed by atoms with Crippen LogP contribution in [0.3, 0.4) is 0 Å². The molecule has 0 unspecified atom stereocenters. The molecule has 7 heteroatoms. The maximum Gasteiger partial charge on any atom is 0.266 e. The lowest BCUT2D eigenvalue weighted by Gasteiger charge is -2.15. The number of ether oxygens (including phenoxy) is 2. The maximum atomic E-state index is 12.4. The molecule has 0 aliphatic heterocycles. The normalized spacial score (nSPS) is 11.7. The lowest BCUT2D eigenvalue weighted by Crippen LogP contribution is -2.30. The van der Waals surface area contributed by atoms with E-state index in [1.807, 2.05) is 36.6 Å². The molecule has 27 heavy (non-hydrogen) atoms. The average molecular weight is 403 g/mol. The minimum atomic E-state index is -0.668. The molecule has 0 saturated heterocycles. The van der Waals surface area contributed by atoms with E-state index in [9.17, 15) is 4.79 Å². The minimum Gasteiger partial charge on any atom is -0.497 e. The Labute approximate surface area is 166 Å². The standard InChI is InChI=1S/C20H19ClN2O3S/c1-12-10-15(21)6-9-18(12)26-13(2)19(24)23-20-22-17(11-27-20)14-4-7-16(25-3)8-5-14/h4-11,13H,1-3H3,(H,22,23,24)/t13-/m1/s1. The van der Waals surface area contributed by atoms with E-state index in [-0.39, 0.29) is 5.91 Å². The number of rotatable bonds is 6. The molecule has 2 aromatic carbocycles. The van der Waals surface area contributed by atoms with Gasteiger partial charge in [0.25, 0.3) is 5.91 Å². The molecule has 1 heterocycles. The number of hydrogen-bond acceptors (Lipinski definition) is 5. The molecule has 0 spiro atoms. The highest BCUT2D eigenvalue weighted by Crippen LogP contribution is 2.27. The third-order valence-corrected chi connectivity index (χ3v) is 4.92. The Morgan fingerprint density at radius 1 is 1.22 bits per heavy atom. The Balaban J connectivity index is 1.64. The van der Waals surface area contributed by atoms with Gasteiger partial charge in [0.15, 0.2) is 11.2 Å². The smallest absolute Gasteiger partial charge is 0.266 e. The third-order valence-electron chi connectivity index (χ3n) is 3.93. The lowest BCUT2D eigenvalue weighted by molar-refractivity contribution is -0.122. The number of aromatic nitrogens is 1. The summed E-state index contributed by atoms with van der Waals surface area (Å²) in [7, 11) is 1.63. The Morgan fingerprint density at radius 3 is 2.63 bits per heavy atom. The van der Waals surface area contributed by atoms with E-state index in [4.69, 9.17) is 21.1 Å². The number of carbonyl (C=O) groups excluding carboxylic acids is 1. The molecule has 1 amide bonds. The Morgan fingerprint density at radius 2 is 1.96 bits per heavy atom. The first-order valence-corrected chi connectivity index (χ1v) is 9.55. The van der Waals surface area contributed by atoms with Gasteiger partial charge in [-0.15, -0.1) is 11.3 Å². The summed E-state index contributed by atoms with van der Waals surface area (Å²) in [4.78, 5) is 16.9. The molecular weight excluding hydrogens is 384 g/mol. The monoisotopic (exact) mass is 402 g/mol. The topological polar surface area (TPSA) is 60.5 Å². The SMILES string of the molecule is COc1ccc(-c2csc(NC(=O)[C@@H](C)Oc3ccc(Cl)cc3C)n2)cc1. The van der Waals surface area contributed by atoms with Crippen molar-refractivity contribution in [1.82, 2.24) is 4.98 Å². The fourth-order valence-electron chi connectivity index (χ4n) is 2.42. The lowest BCUT2D eigenvalue weighted by atomic mass is 10.2. The Kier molecular flexibility index (Phi) is 5.98. The molecule has 0 radical (unpaired) electrons. The summed E-state index contributed by atoms with van der Waals surface area (Å²) in [6.45, 7) is 3.58. The van der Waals surface area contributed by atoms with Crippen molar-refractivity contribution in [3.8, 4) is 22.8 Å². The first kappa shape index (κ1) is 19.2. The zero-order valence-corrected chi connectivity index (χ0v) is 16.7. The van der Waals surface area contributed by atoms with E-state index in [2.05, 4.69) is 10.3 Å². The molecule has 0 bridgehead atoms. The molecule has 0 saturated carbocycles. The van der Waals surface area contributed by atoms with E-state index < -0.39 is 6.10 Å². The van der Waals surface area contributed by atoms with Gasteiger partial charge in [0.1, 0.15) is 11.5 Å². The number of anilines is 1. The van der Waals surface area contributed by atoms with E-state index >= 15 is 0 Å². The van der Waals surface area contributed by atoms with Gasteiger partial charge in [-0.05, 0) is 61.9 Å². The van der Waals surface area contributed by atoms with Crippen LogP contribution < -0.4 is 14.8 Å². The van der Waals surface area contributed by atoms with Crippen molar-refractivity contribution in [3.05, 3.63) is 58.4 Å². The fraction of sp³-hybridized carbons (Fsp3) is 0.200. The first-order chi connectivity index (χ1) is 13.0. The fourth-order valence-corrected chi connectivity index (χ4v) is 3.37. The van der Waals surface area contributed by atoms with Gasteiger partial charge in [-0.2, -0.15) is 0 Å². The minimum absolute atomic E-state index is 0.264. The van der Waals surface area contributed by atoms with Crippen LogP contribution in [0.25, 0.3) is 11.3 Å². The van der Waals surface area contributed by atoms with Gasteiger partial charge in [0.2, 0.25) is 0 Å². The van der Waals surface area contributed by atoms with Crippen molar-refractivity contribution in [2.75, 3.05) is 12.4 Å². The van der Waals surface area contributed by atoms with Gasteiger partial charge < -0.3 is 9.47 Å². The van der Waals surface area contributed by atoms with Gasteiger partial charge in [-0.1, -0.05) is 11.6 Å². The number of benzene rings is 2. The number of nitrogens with zero attached hydrogens (tertiary/aromatic N) is 1. The molecule has 5 nitrogen and oxygen atoms in total. The number of hydrogen-bond donors (Lipinski definition) is 1.